The van der Waals surface area contributed by atoms with E-state index in [1.165, 1.54) is 0 Å². The van der Waals surface area contributed by atoms with E-state index in [1.54, 1.807) is 6.20 Å². The van der Waals surface area contributed by atoms with Crippen LogP contribution >= 0.6 is 0 Å². The van der Waals surface area contributed by atoms with Crippen LogP contribution in [0.2, 0.25) is 0 Å². The van der Waals surface area contributed by atoms with Crippen LogP contribution < -0.4 is 10.2 Å². The van der Waals surface area contributed by atoms with Crippen LogP contribution in [0.3, 0.4) is 0 Å². The number of nitrogens with one attached hydrogen (secondary N) is 1. The molecule has 2 aromatic rings. The largest absolute Gasteiger partial charge is 0.370 e. The van der Waals surface area contributed by atoms with Gasteiger partial charge in [-0.25, -0.2) is 4.98 Å². The maximum atomic E-state index is 4.60. The number of hydrogen-bond donors (Lipinski definition) is 1. The predicted octanol–water partition coefficient (Wildman–Crippen LogP) is 3.70. The summed E-state index contributed by atoms with van der Waals surface area (Å²) in [7, 11) is 0. The number of rotatable bonds is 6. The topological polar surface area (TPSA) is 41.1 Å². The molecule has 2 rings (SSSR count). The maximum absolute atomic E-state index is 4.60. The van der Waals surface area contributed by atoms with E-state index >= 15 is 0 Å². The van der Waals surface area contributed by atoms with Gasteiger partial charge in [-0.15, -0.1) is 0 Å². The highest BCUT2D eigenvalue weighted by atomic mass is 15.3. The molecule has 0 unspecified atom stereocenters. The van der Waals surface area contributed by atoms with Gasteiger partial charge in [-0.05, 0) is 31.0 Å². The molecule has 1 aromatic carbocycles. The molecule has 0 aliphatic heterocycles. The van der Waals surface area contributed by atoms with Gasteiger partial charge in [0.25, 0.3) is 0 Å². The van der Waals surface area contributed by atoms with E-state index in [-0.39, 0.29) is 0 Å². The van der Waals surface area contributed by atoms with Gasteiger partial charge in [0, 0.05) is 25.0 Å². The first kappa shape index (κ1) is 14.3. The Kier molecular flexibility index (Phi) is 4.93. The van der Waals surface area contributed by atoms with Crippen LogP contribution in [0.25, 0.3) is 0 Å². The molecule has 20 heavy (non-hydrogen) atoms. The number of benzene rings is 1. The van der Waals surface area contributed by atoms with Crippen molar-refractivity contribution < 1.29 is 0 Å². The summed E-state index contributed by atoms with van der Waals surface area (Å²) in [4.78, 5) is 11.1. The van der Waals surface area contributed by atoms with Crippen molar-refractivity contribution in [2.24, 2.45) is 5.92 Å². The number of nitrogens with zero attached hydrogens (tertiary/aromatic N) is 3. The van der Waals surface area contributed by atoms with E-state index in [0.29, 0.717) is 5.92 Å². The summed E-state index contributed by atoms with van der Waals surface area (Å²) in [5.41, 5.74) is 1.11. The van der Waals surface area contributed by atoms with Gasteiger partial charge in [0.2, 0.25) is 5.95 Å². The fourth-order valence-corrected chi connectivity index (χ4v) is 1.93. The molecule has 0 atom stereocenters. The smallest absolute Gasteiger partial charge is 0.231 e. The molecule has 0 aliphatic carbocycles. The molecule has 106 valence electrons. The van der Waals surface area contributed by atoms with Gasteiger partial charge < -0.3 is 10.2 Å². The van der Waals surface area contributed by atoms with E-state index in [1.807, 2.05) is 24.3 Å². The molecule has 0 aliphatic rings. The minimum absolute atomic E-state index is 0.588. The molecular weight excluding hydrogens is 248 g/mol. The van der Waals surface area contributed by atoms with E-state index in [2.05, 4.69) is 53.1 Å². The lowest BCUT2D eigenvalue weighted by atomic mass is 10.2. The molecule has 1 aromatic heterocycles. The standard InChI is InChI=1S/C16H22N4/c1-4-20(14-8-6-5-7-9-14)16-17-11-10-15(19-16)18-12-13(2)3/h5-11,13H,4,12H2,1-3H3,(H,17,18,19). The lowest BCUT2D eigenvalue weighted by Gasteiger charge is -2.21. The second kappa shape index (κ2) is 6.89. The first-order valence-corrected chi connectivity index (χ1v) is 7.10. The highest BCUT2D eigenvalue weighted by molar-refractivity contribution is 5.58. The van der Waals surface area contributed by atoms with Crippen molar-refractivity contribution in [1.29, 1.82) is 0 Å². The minimum Gasteiger partial charge on any atom is -0.370 e. The van der Waals surface area contributed by atoms with Crippen molar-refractivity contribution in [1.82, 2.24) is 9.97 Å². The minimum atomic E-state index is 0.588. The number of para-hydroxylation sites is 1. The summed E-state index contributed by atoms with van der Waals surface area (Å²) in [6.07, 6.45) is 1.80. The van der Waals surface area contributed by atoms with Gasteiger partial charge in [0.1, 0.15) is 5.82 Å². The number of aromatic nitrogens is 2. The normalized spacial score (nSPS) is 10.6. The molecular formula is C16H22N4. The van der Waals surface area contributed by atoms with Gasteiger partial charge in [-0.3, -0.25) is 0 Å². The van der Waals surface area contributed by atoms with Crippen LogP contribution in [0.15, 0.2) is 42.6 Å². The number of hydrogen-bond acceptors (Lipinski definition) is 4. The van der Waals surface area contributed by atoms with Crippen molar-refractivity contribution in [3.8, 4) is 0 Å². The summed E-state index contributed by atoms with van der Waals surface area (Å²) >= 11 is 0. The molecule has 0 amide bonds. The summed E-state index contributed by atoms with van der Waals surface area (Å²) < 4.78 is 0. The second-order valence-corrected chi connectivity index (χ2v) is 5.10. The Morgan fingerprint density at radius 1 is 1.15 bits per heavy atom. The molecule has 0 saturated carbocycles. The van der Waals surface area contributed by atoms with Crippen LogP contribution in [0.5, 0.6) is 0 Å². The lowest BCUT2D eigenvalue weighted by Crippen LogP contribution is -2.19. The van der Waals surface area contributed by atoms with Crippen molar-refractivity contribution in [2.45, 2.75) is 20.8 Å². The zero-order valence-electron chi connectivity index (χ0n) is 12.4. The molecule has 0 radical (unpaired) electrons. The highest BCUT2D eigenvalue weighted by Gasteiger charge is 2.10. The van der Waals surface area contributed by atoms with E-state index < -0.39 is 0 Å². The van der Waals surface area contributed by atoms with Crippen molar-refractivity contribution in [3.63, 3.8) is 0 Å². The quantitative estimate of drug-likeness (QED) is 0.869. The monoisotopic (exact) mass is 270 g/mol. The molecule has 4 heteroatoms. The zero-order valence-corrected chi connectivity index (χ0v) is 12.4. The van der Waals surface area contributed by atoms with E-state index in [9.17, 15) is 0 Å². The molecule has 0 spiro atoms. The molecule has 0 saturated heterocycles. The van der Waals surface area contributed by atoms with Gasteiger partial charge in [-0.2, -0.15) is 4.98 Å². The van der Waals surface area contributed by atoms with E-state index in [0.717, 1.165) is 30.5 Å². The Hall–Kier alpha value is -2.10. The summed E-state index contributed by atoms with van der Waals surface area (Å²) in [5.74, 6) is 2.19. The van der Waals surface area contributed by atoms with Crippen molar-refractivity contribution >= 4 is 17.5 Å². The Balaban J connectivity index is 2.20. The SMILES string of the molecule is CCN(c1ccccc1)c1nccc(NCC(C)C)n1. The zero-order chi connectivity index (χ0) is 14.4. The average Bonchev–Trinajstić information content (AvgIpc) is 2.47. The first-order chi connectivity index (χ1) is 9.70. The van der Waals surface area contributed by atoms with Crippen LogP contribution in [0.1, 0.15) is 20.8 Å². The third kappa shape index (κ3) is 3.70. The van der Waals surface area contributed by atoms with Crippen LogP contribution in [-0.4, -0.2) is 23.1 Å². The third-order valence-electron chi connectivity index (χ3n) is 2.96. The Bertz CT molecular complexity index is 525. The van der Waals surface area contributed by atoms with E-state index in [4.69, 9.17) is 0 Å². The van der Waals surface area contributed by atoms with Crippen molar-refractivity contribution in [2.75, 3.05) is 23.3 Å². The maximum Gasteiger partial charge on any atom is 0.231 e. The fraction of sp³-hybridized carbons (Fsp3) is 0.375. The lowest BCUT2D eigenvalue weighted by molar-refractivity contribution is 0.686. The van der Waals surface area contributed by atoms with Crippen LogP contribution in [0, 0.1) is 5.92 Å². The highest BCUT2D eigenvalue weighted by Crippen LogP contribution is 2.21. The van der Waals surface area contributed by atoms with Crippen molar-refractivity contribution in [3.05, 3.63) is 42.6 Å². The molecule has 1 heterocycles. The summed E-state index contributed by atoms with van der Waals surface area (Å²) in [6.45, 7) is 8.20. The predicted molar refractivity (Wildman–Crippen MR) is 84.5 cm³/mol. The Labute approximate surface area is 120 Å². The fourth-order valence-electron chi connectivity index (χ4n) is 1.93. The first-order valence-electron chi connectivity index (χ1n) is 7.10. The third-order valence-corrected chi connectivity index (χ3v) is 2.96. The van der Waals surface area contributed by atoms with Gasteiger partial charge >= 0.3 is 0 Å². The molecule has 0 bridgehead atoms. The molecule has 4 nitrogen and oxygen atoms in total. The van der Waals surface area contributed by atoms with Crippen LogP contribution in [0.4, 0.5) is 17.5 Å². The Morgan fingerprint density at radius 3 is 2.55 bits per heavy atom. The molecule has 0 fully saturated rings. The number of anilines is 3. The summed E-state index contributed by atoms with van der Waals surface area (Å²) in [6, 6.07) is 12.1. The van der Waals surface area contributed by atoms with Gasteiger partial charge in [-0.1, -0.05) is 32.0 Å². The average molecular weight is 270 g/mol. The van der Waals surface area contributed by atoms with Crippen LogP contribution in [-0.2, 0) is 0 Å². The Morgan fingerprint density at radius 2 is 1.90 bits per heavy atom. The second-order valence-electron chi connectivity index (χ2n) is 5.10. The van der Waals surface area contributed by atoms with Gasteiger partial charge in [0.15, 0.2) is 0 Å². The summed E-state index contributed by atoms with van der Waals surface area (Å²) in [5, 5.41) is 3.34. The van der Waals surface area contributed by atoms with Gasteiger partial charge in [0.05, 0.1) is 0 Å². The molecule has 1 N–H and O–H groups in total.